The summed E-state index contributed by atoms with van der Waals surface area (Å²) in [5, 5.41) is 11.7. The molecule has 1 atom stereocenters. The third-order valence-electron chi connectivity index (χ3n) is 4.69. The second kappa shape index (κ2) is 8.56. The molecule has 0 fully saturated rings. The van der Waals surface area contributed by atoms with Crippen LogP contribution in [-0.2, 0) is 11.8 Å². The van der Waals surface area contributed by atoms with Crippen molar-refractivity contribution in [1.29, 1.82) is 0 Å². The quantitative estimate of drug-likeness (QED) is 0.632. The van der Waals surface area contributed by atoms with Gasteiger partial charge in [-0.25, -0.2) is 4.39 Å². The molecule has 0 spiro atoms. The van der Waals surface area contributed by atoms with Crippen LogP contribution in [0.15, 0.2) is 47.6 Å². The first kappa shape index (κ1) is 20.1. The van der Waals surface area contributed by atoms with E-state index in [1.165, 1.54) is 29.0 Å². The molecule has 1 amide bonds. The molecule has 0 radical (unpaired) electrons. The number of thioether (sulfide) groups is 1. The number of nitrogens with zero attached hydrogens (tertiary/aromatic N) is 3. The van der Waals surface area contributed by atoms with E-state index in [0.717, 1.165) is 5.56 Å². The molecular formula is C21H23FN4OS. The monoisotopic (exact) mass is 398 g/mol. The highest BCUT2D eigenvalue weighted by Crippen LogP contribution is 2.24. The van der Waals surface area contributed by atoms with Crippen LogP contribution in [0.5, 0.6) is 0 Å². The summed E-state index contributed by atoms with van der Waals surface area (Å²) in [6.45, 7) is 6.09. The number of aryl methyl sites for hydroxylation is 2. The maximum atomic E-state index is 14.0. The second-order valence-electron chi connectivity index (χ2n) is 6.77. The Morgan fingerprint density at radius 1 is 1.18 bits per heavy atom. The van der Waals surface area contributed by atoms with E-state index >= 15 is 0 Å². The summed E-state index contributed by atoms with van der Waals surface area (Å²) >= 11 is 1.27. The lowest BCUT2D eigenvalue weighted by Gasteiger charge is -2.15. The van der Waals surface area contributed by atoms with Crippen molar-refractivity contribution in [3.8, 4) is 11.4 Å². The highest BCUT2D eigenvalue weighted by atomic mass is 32.2. The molecule has 0 saturated carbocycles. The van der Waals surface area contributed by atoms with Crippen LogP contribution >= 0.6 is 11.8 Å². The first-order chi connectivity index (χ1) is 13.4. The topological polar surface area (TPSA) is 59.8 Å². The number of amides is 1. The highest BCUT2D eigenvalue weighted by molar-refractivity contribution is 7.99. The minimum atomic E-state index is -0.352. The van der Waals surface area contributed by atoms with Gasteiger partial charge in [-0.3, -0.25) is 4.79 Å². The molecular weight excluding hydrogens is 375 g/mol. The van der Waals surface area contributed by atoms with Crippen molar-refractivity contribution >= 4 is 17.7 Å². The van der Waals surface area contributed by atoms with Crippen LogP contribution in [0, 0.1) is 19.7 Å². The van der Waals surface area contributed by atoms with E-state index in [0.29, 0.717) is 16.5 Å². The van der Waals surface area contributed by atoms with Crippen LogP contribution in [0.4, 0.5) is 4.39 Å². The van der Waals surface area contributed by atoms with Gasteiger partial charge in [-0.05, 0) is 49.6 Å². The Kier molecular flexibility index (Phi) is 6.14. The molecule has 28 heavy (non-hydrogen) atoms. The zero-order chi connectivity index (χ0) is 20.3. The van der Waals surface area contributed by atoms with Gasteiger partial charge in [0.2, 0.25) is 5.91 Å². The van der Waals surface area contributed by atoms with Crippen LogP contribution in [0.2, 0.25) is 0 Å². The fourth-order valence-corrected chi connectivity index (χ4v) is 3.57. The van der Waals surface area contributed by atoms with Gasteiger partial charge >= 0.3 is 0 Å². The van der Waals surface area contributed by atoms with Gasteiger partial charge in [0, 0.05) is 7.05 Å². The largest absolute Gasteiger partial charge is 0.349 e. The van der Waals surface area contributed by atoms with Gasteiger partial charge in [-0.15, -0.1) is 10.2 Å². The van der Waals surface area contributed by atoms with Gasteiger partial charge in [0.15, 0.2) is 11.0 Å². The lowest BCUT2D eigenvalue weighted by Crippen LogP contribution is -2.28. The van der Waals surface area contributed by atoms with Gasteiger partial charge in [0.1, 0.15) is 5.82 Å². The number of hydrogen-bond donors (Lipinski definition) is 1. The summed E-state index contributed by atoms with van der Waals surface area (Å²) in [6.07, 6.45) is 0. The predicted molar refractivity (Wildman–Crippen MR) is 110 cm³/mol. The van der Waals surface area contributed by atoms with Crippen LogP contribution < -0.4 is 5.32 Å². The van der Waals surface area contributed by atoms with E-state index < -0.39 is 0 Å². The minimum Gasteiger partial charge on any atom is -0.349 e. The average molecular weight is 399 g/mol. The smallest absolute Gasteiger partial charge is 0.230 e. The predicted octanol–water partition coefficient (Wildman–Crippen LogP) is 4.21. The maximum absolute atomic E-state index is 14.0. The molecule has 1 aromatic heterocycles. The number of benzene rings is 2. The van der Waals surface area contributed by atoms with E-state index in [1.807, 2.05) is 13.0 Å². The molecule has 0 bridgehead atoms. The Balaban J connectivity index is 1.62. The van der Waals surface area contributed by atoms with Crippen molar-refractivity contribution in [2.75, 3.05) is 5.75 Å². The van der Waals surface area contributed by atoms with Crippen molar-refractivity contribution in [3.05, 3.63) is 65.0 Å². The molecule has 3 rings (SSSR count). The van der Waals surface area contributed by atoms with Crippen molar-refractivity contribution in [2.24, 2.45) is 7.05 Å². The SMILES string of the molecule is Cc1ccc([C@@H](C)NC(=O)CSc2nnc(-c3ccccc3F)n2C)cc1C. The number of hydrogen-bond acceptors (Lipinski definition) is 4. The van der Waals surface area contributed by atoms with Gasteiger partial charge in [-0.1, -0.05) is 42.1 Å². The molecule has 1 heterocycles. The lowest BCUT2D eigenvalue weighted by molar-refractivity contribution is -0.119. The normalized spacial score (nSPS) is 12.0. The van der Waals surface area contributed by atoms with Gasteiger partial charge in [0.25, 0.3) is 0 Å². The summed E-state index contributed by atoms with van der Waals surface area (Å²) in [7, 11) is 1.76. The van der Waals surface area contributed by atoms with Crippen LogP contribution in [-0.4, -0.2) is 26.4 Å². The summed E-state index contributed by atoms with van der Waals surface area (Å²) in [5.74, 6) is 0.198. The van der Waals surface area contributed by atoms with E-state index in [-0.39, 0.29) is 23.5 Å². The average Bonchev–Trinajstić information content (AvgIpc) is 3.03. The molecule has 7 heteroatoms. The van der Waals surface area contributed by atoms with Crippen molar-refractivity contribution in [2.45, 2.75) is 32.0 Å². The summed E-state index contributed by atoms with van der Waals surface area (Å²) in [6, 6.07) is 12.5. The zero-order valence-corrected chi connectivity index (χ0v) is 17.2. The standard InChI is InChI=1S/C21H23FN4OS/c1-13-9-10-16(11-14(13)2)15(3)23-19(27)12-28-21-25-24-20(26(21)4)17-7-5-6-8-18(17)22/h5-11,15H,12H2,1-4H3,(H,23,27)/t15-/m1/s1. The number of halogens is 1. The maximum Gasteiger partial charge on any atom is 0.230 e. The Morgan fingerprint density at radius 2 is 1.93 bits per heavy atom. The molecule has 0 saturated heterocycles. The van der Waals surface area contributed by atoms with E-state index in [1.54, 1.807) is 29.8 Å². The van der Waals surface area contributed by atoms with Crippen molar-refractivity contribution < 1.29 is 9.18 Å². The fourth-order valence-electron chi connectivity index (χ4n) is 2.85. The molecule has 0 aliphatic rings. The van der Waals surface area contributed by atoms with E-state index in [4.69, 9.17) is 0 Å². The molecule has 3 aromatic rings. The van der Waals surface area contributed by atoms with Crippen molar-refractivity contribution in [3.63, 3.8) is 0 Å². The van der Waals surface area contributed by atoms with E-state index in [9.17, 15) is 9.18 Å². The Labute approximate surface area is 168 Å². The molecule has 0 aliphatic carbocycles. The third kappa shape index (κ3) is 4.42. The second-order valence-corrected chi connectivity index (χ2v) is 7.71. The van der Waals surface area contributed by atoms with Crippen molar-refractivity contribution in [1.82, 2.24) is 20.1 Å². The Hall–Kier alpha value is -2.67. The first-order valence-electron chi connectivity index (χ1n) is 9.00. The minimum absolute atomic E-state index is 0.0825. The molecule has 5 nitrogen and oxygen atoms in total. The molecule has 0 unspecified atom stereocenters. The van der Waals surface area contributed by atoms with Gasteiger partial charge < -0.3 is 9.88 Å². The summed E-state index contributed by atoms with van der Waals surface area (Å²) < 4.78 is 15.7. The Bertz CT molecular complexity index is 1000. The third-order valence-corrected chi connectivity index (χ3v) is 5.71. The number of carbonyl (C=O) groups is 1. The number of aromatic nitrogens is 3. The van der Waals surface area contributed by atoms with E-state index in [2.05, 4.69) is 41.5 Å². The van der Waals surface area contributed by atoms with Gasteiger partial charge in [-0.2, -0.15) is 0 Å². The number of nitrogens with one attached hydrogen (secondary N) is 1. The lowest BCUT2D eigenvalue weighted by atomic mass is 10.0. The first-order valence-corrected chi connectivity index (χ1v) is 9.99. The van der Waals surface area contributed by atoms with Gasteiger partial charge in [0.05, 0.1) is 17.4 Å². The summed E-state index contributed by atoms with van der Waals surface area (Å²) in [5.41, 5.74) is 3.89. The Morgan fingerprint density at radius 3 is 2.64 bits per heavy atom. The molecule has 146 valence electrons. The fraction of sp³-hybridized carbons (Fsp3) is 0.286. The molecule has 2 aromatic carbocycles. The molecule has 0 aliphatic heterocycles. The molecule has 1 N–H and O–H groups in total. The van der Waals surface area contributed by atoms with Crippen LogP contribution in [0.25, 0.3) is 11.4 Å². The zero-order valence-electron chi connectivity index (χ0n) is 16.4. The summed E-state index contributed by atoms with van der Waals surface area (Å²) in [4.78, 5) is 12.3. The van der Waals surface area contributed by atoms with Crippen LogP contribution in [0.1, 0.15) is 29.7 Å². The number of carbonyl (C=O) groups excluding carboxylic acids is 1. The number of rotatable bonds is 6. The van der Waals surface area contributed by atoms with Crippen LogP contribution in [0.3, 0.4) is 0 Å². The highest BCUT2D eigenvalue weighted by Gasteiger charge is 2.16.